The Morgan fingerprint density at radius 2 is 2.05 bits per heavy atom. The van der Waals surface area contributed by atoms with Crippen molar-refractivity contribution in [3.8, 4) is 5.75 Å². The van der Waals surface area contributed by atoms with Crippen molar-refractivity contribution in [2.24, 2.45) is 0 Å². The number of carboxylic acid groups (broad SMARTS) is 1. The van der Waals surface area contributed by atoms with E-state index >= 15 is 0 Å². The second-order valence-corrected chi connectivity index (χ2v) is 10.4. The second-order valence-electron chi connectivity index (χ2n) is 9.95. The molecule has 3 N–H and O–H groups in total. The van der Waals surface area contributed by atoms with Gasteiger partial charge in [-0.1, -0.05) is 23.7 Å². The number of aliphatic carboxylic acids is 1. The first-order chi connectivity index (χ1) is 19.3. The zero-order valence-electron chi connectivity index (χ0n) is 23.3. The van der Waals surface area contributed by atoms with Crippen molar-refractivity contribution in [2.45, 2.75) is 57.1 Å². The van der Waals surface area contributed by atoms with Crippen molar-refractivity contribution >= 4 is 29.3 Å². The SMILES string of the molecule is COc1cccc(Cl)c1CC(=O)N[C@@H](CCN(CCCCc1ccc2c(n1)NCCC2)C[C@@H](CF)OC)C(=O)O. The van der Waals surface area contributed by atoms with Crippen LogP contribution in [-0.4, -0.2) is 86.1 Å². The molecule has 0 radical (unpaired) electrons. The number of nitrogens with one attached hydrogen (secondary N) is 2. The fourth-order valence-electron chi connectivity index (χ4n) is 4.79. The summed E-state index contributed by atoms with van der Waals surface area (Å²) in [7, 11) is 2.94. The van der Waals surface area contributed by atoms with Gasteiger partial charge in [-0.2, -0.15) is 0 Å². The van der Waals surface area contributed by atoms with E-state index in [0.717, 1.165) is 50.2 Å². The maximum atomic E-state index is 13.4. The van der Waals surface area contributed by atoms with Gasteiger partial charge < -0.3 is 30.1 Å². The van der Waals surface area contributed by atoms with Crippen LogP contribution in [-0.2, 0) is 33.6 Å². The van der Waals surface area contributed by atoms with Crippen molar-refractivity contribution in [1.29, 1.82) is 0 Å². The van der Waals surface area contributed by atoms with Crippen molar-refractivity contribution in [1.82, 2.24) is 15.2 Å². The van der Waals surface area contributed by atoms with E-state index in [0.29, 0.717) is 36.0 Å². The standard InChI is InChI=1S/C29H40ClFN4O5/c1-39-22(18-31)19-35(15-4-3-8-21-12-11-20-7-6-14-32-28(20)33-21)16-13-25(29(37)38)34-27(36)17-23-24(30)9-5-10-26(23)40-2/h5,9-12,22,25H,3-4,6-8,13-19H2,1-2H3,(H,32,33)(H,34,36)(H,37,38)/t22-,25+/m1/s1. The summed E-state index contributed by atoms with van der Waals surface area (Å²) in [6.45, 7) is 1.62. The number of halogens is 2. The van der Waals surface area contributed by atoms with Gasteiger partial charge in [-0.05, 0) is 68.8 Å². The molecule has 1 aromatic carbocycles. The number of fused-ring (bicyclic) bond motifs is 1. The third-order valence-electron chi connectivity index (χ3n) is 7.08. The molecule has 9 nitrogen and oxygen atoms in total. The maximum absolute atomic E-state index is 13.4. The Labute approximate surface area is 240 Å². The van der Waals surface area contributed by atoms with Crippen LogP contribution >= 0.6 is 11.6 Å². The molecule has 2 atom stereocenters. The highest BCUT2D eigenvalue weighted by Gasteiger charge is 2.23. The van der Waals surface area contributed by atoms with Crippen LogP contribution in [0.2, 0.25) is 5.02 Å². The highest BCUT2D eigenvalue weighted by atomic mass is 35.5. The molecule has 0 saturated heterocycles. The first-order valence-electron chi connectivity index (χ1n) is 13.7. The van der Waals surface area contributed by atoms with Gasteiger partial charge in [0.25, 0.3) is 0 Å². The normalized spacial score (nSPS) is 14.2. The number of hydrogen-bond acceptors (Lipinski definition) is 7. The molecule has 0 bridgehead atoms. The Kier molecular flexibility index (Phi) is 12.9. The molecule has 2 heterocycles. The minimum Gasteiger partial charge on any atom is -0.496 e. The van der Waals surface area contributed by atoms with E-state index in [-0.39, 0.29) is 12.8 Å². The van der Waals surface area contributed by atoms with E-state index < -0.39 is 30.7 Å². The molecule has 1 aromatic heterocycles. The summed E-state index contributed by atoms with van der Waals surface area (Å²) in [6, 6.07) is 8.16. The molecule has 1 aliphatic heterocycles. The number of benzene rings is 1. The van der Waals surface area contributed by atoms with Crippen molar-refractivity contribution in [3.63, 3.8) is 0 Å². The number of unbranched alkanes of at least 4 members (excludes halogenated alkanes) is 1. The van der Waals surface area contributed by atoms with Crippen LogP contribution in [0, 0.1) is 0 Å². The molecule has 2 aromatic rings. The van der Waals surface area contributed by atoms with Crippen LogP contribution in [0.3, 0.4) is 0 Å². The average molecular weight is 579 g/mol. The van der Waals surface area contributed by atoms with Crippen LogP contribution in [0.15, 0.2) is 30.3 Å². The lowest BCUT2D eigenvalue weighted by molar-refractivity contribution is -0.142. The summed E-state index contributed by atoms with van der Waals surface area (Å²) in [5.41, 5.74) is 2.77. The Morgan fingerprint density at radius 3 is 2.77 bits per heavy atom. The number of carbonyl (C=O) groups excluding carboxylic acids is 1. The lowest BCUT2D eigenvalue weighted by Gasteiger charge is -2.27. The van der Waals surface area contributed by atoms with E-state index in [1.165, 1.54) is 19.8 Å². The molecule has 11 heteroatoms. The summed E-state index contributed by atoms with van der Waals surface area (Å²) >= 11 is 6.23. The number of anilines is 1. The number of rotatable bonds is 17. The number of ether oxygens (including phenoxy) is 2. The van der Waals surface area contributed by atoms with Gasteiger partial charge in [0.1, 0.15) is 24.3 Å². The van der Waals surface area contributed by atoms with E-state index in [1.807, 2.05) is 4.90 Å². The predicted molar refractivity (Wildman–Crippen MR) is 153 cm³/mol. The lowest BCUT2D eigenvalue weighted by atomic mass is 10.1. The highest BCUT2D eigenvalue weighted by Crippen LogP contribution is 2.26. The minimum absolute atomic E-state index is 0.115. The van der Waals surface area contributed by atoms with Crippen LogP contribution in [0.1, 0.15) is 42.5 Å². The van der Waals surface area contributed by atoms with Crippen LogP contribution in [0.4, 0.5) is 10.2 Å². The fraction of sp³-hybridized carbons (Fsp3) is 0.552. The van der Waals surface area contributed by atoms with Crippen LogP contribution in [0.5, 0.6) is 5.75 Å². The highest BCUT2D eigenvalue weighted by molar-refractivity contribution is 6.31. The molecule has 0 unspecified atom stereocenters. The van der Waals surface area contributed by atoms with E-state index in [9.17, 15) is 19.1 Å². The van der Waals surface area contributed by atoms with Crippen LogP contribution < -0.4 is 15.4 Å². The van der Waals surface area contributed by atoms with Crippen molar-refractivity contribution in [3.05, 3.63) is 52.2 Å². The largest absolute Gasteiger partial charge is 0.496 e. The molecule has 1 aliphatic rings. The molecule has 220 valence electrons. The Hall–Kier alpha value is -2.95. The van der Waals surface area contributed by atoms with Crippen molar-refractivity contribution < 1.29 is 28.6 Å². The molecule has 0 fully saturated rings. The van der Waals surface area contributed by atoms with Crippen LogP contribution in [0.25, 0.3) is 0 Å². The minimum atomic E-state index is -1.14. The van der Waals surface area contributed by atoms with Gasteiger partial charge in [0.15, 0.2) is 0 Å². The van der Waals surface area contributed by atoms with Gasteiger partial charge in [0, 0.05) is 43.0 Å². The number of alkyl halides is 1. The van der Waals surface area contributed by atoms with E-state index in [1.54, 1.807) is 18.2 Å². The number of carboxylic acids is 1. The number of carbonyl (C=O) groups is 2. The summed E-state index contributed by atoms with van der Waals surface area (Å²) < 4.78 is 23.9. The monoisotopic (exact) mass is 578 g/mol. The third-order valence-corrected chi connectivity index (χ3v) is 7.43. The lowest BCUT2D eigenvalue weighted by Crippen LogP contribution is -2.45. The molecule has 1 amide bonds. The number of hydrogen-bond donors (Lipinski definition) is 3. The quantitative estimate of drug-likeness (QED) is 0.242. The van der Waals surface area contributed by atoms with Crippen molar-refractivity contribution in [2.75, 3.05) is 52.4 Å². The second kappa shape index (κ2) is 16.3. The molecular weight excluding hydrogens is 539 g/mol. The molecule has 0 spiro atoms. The Morgan fingerprint density at radius 1 is 1.23 bits per heavy atom. The van der Waals surface area contributed by atoms with Gasteiger partial charge in [0.05, 0.1) is 19.6 Å². The third kappa shape index (κ3) is 9.60. The number of amides is 1. The van der Waals surface area contributed by atoms with Gasteiger partial charge in [0.2, 0.25) is 5.91 Å². The Bertz CT molecular complexity index is 1120. The fourth-order valence-corrected chi connectivity index (χ4v) is 5.03. The summed E-state index contributed by atoms with van der Waals surface area (Å²) in [4.78, 5) is 31.4. The number of aromatic nitrogens is 1. The molecule has 3 rings (SSSR count). The summed E-state index contributed by atoms with van der Waals surface area (Å²) in [6.07, 6.45) is 4.12. The number of methoxy groups -OCH3 is 2. The summed E-state index contributed by atoms with van der Waals surface area (Å²) in [5, 5.41) is 16.1. The average Bonchev–Trinajstić information content (AvgIpc) is 2.96. The topological polar surface area (TPSA) is 113 Å². The van der Waals surface area contributed by atoms with Gasteiger partial charge in [-0.3, -0.25) is 4.79 Å². The number of pyridine rings is 1. The first-order valence-corrected chi connectivity index (χ1v) is 14.1. The van der Waals surface area contributed by atoms with Gasteiger partial charge in [-0.25, -0.2) is 14.2 Å². The predicted octanol–water partition coefficient (Wildman–Crippen LogP) is 3.91. The smallest absolute Gasteiger partial charge is 0.326 e. The van der Waals surface area contributed by atoms with Gasteiger partial charge in [-0.15, -0.1) is 0 Å². The first kappa shape index (κ1) is 31.6. The zero-order chi connectivity index (χ0) is 28.9. The van der Waals surface area contributed by atoms with Gasteiger partial charge >= 0.3 is 5.97 Å². The molecule has 40 heavy (non-hydrogen) atoms. The summed E-state index contributed by atoms with van der Waals surface area (Å²) in [5.74, 6) is -0.179. The van der Waals surface area contributed by atoms with E-state index in [2.05, 4.69) is 22.8 Å². The molecule has 0 aliphatic carbocycles. The Balaban J connectivity index is 1.54. The number of nitrogens with zero attached hydrogens (tertiary/aromatic N) is 2. The molecular formula is C29H40ClFN4O5. The van der Waals surface area contributed by atoms with E-state index in [4.69, 9.17) is 26.1 Å². The maximum Gasteiger partial charge on any atom is 0.326 e. The molecule has 0 saturated carbocycles. The zero-order valence-corrected chi connectivity index (χ0v) is 24.0. The number of aryl methyl sites for hydroxylation is 2.